The third-order valence-corrected chi connectivity index (χ3v) is 6.02. The molecule has 0 fully saturated rings. The van der Waals surface area contributed by atoms with E-state index in [1.807, 2.05) is 36.4 Å². The molecule has 0 heterocycles. The highest BCUT2D eigenvalue weighted by atomic mass is 16.5. The summed E-state index contributed by atoms with van der Waals surface area (Å²) < 4.78 is 10.7. The van der Waals surface area contributed by atoms with Crippen LogP contribution in [-0.2, 0) is 19.1 Å². The lowest BCUT2D eigenvalue weighted by Gasteiger charge is -2.20. The minimum atomic E-state index is -0.961. The van der Waals surface area contributed by atoms with Gasteiger partial charge in [-0.25, -0.2) is 4.79 Å². The van der Waals surface area contributed by atoms with Crippen LogP contribution in [0.1, 0.15) is 42.7 Å². The number of ether oxygens (including phenoxy) is 2. The van der Waals surface area contributed by atoms with Crippen molar-refractivity contribution in [3.8, 4) is 11.1 Å². The van der Waals surface area contributed by atoms with E-state index >= 15 is 0 Å². The number of nitrogens with zero attached hydrogens (tertiary/aromatic N) is 3. The molecule has 0 radical (unpaired) electrons. The number of fused-ring (bicyclic) bond motifs is 3. The molecule has 0 saturated carbocycles. The molecule has 196 valence electrons. The van der Waals surface area contributed by atoms with Crippen LogP contribution in [0.4, 0.5) is 4.79 Å². The molecular formula is C26H31N5O6. The molecule has 11 nitrogen and oxygen atoms in total. The number of aliphatic carboxylic acids is 1. The molecule has 0 bridgehead atoms. The first-order valence-electron chi connectivity index (χ1n) is 12.2. The summed E-state index contributed by atoms with van der Waals surface area (Å²) >= 11 is 0. The largest absolute Gasteiger partial charge is 0.481 e. The van der Waals surface area contributed by atoms with Gasteiger partial charge < -0.3 is 25.2 Å². The molecule has 0 spiro atoms. The smallest absolute Gasteiger partial charge is 0.407 e. The van der Waals surface area contributed by atoms with Crippen LogP contribution in [0.5, 0.6) is 0 Å². The van der Waals surface area contributed by atoms with Crippen molar-refractivity contribution in [1.29, 1.82) is 0 Å². The number of carboxylic acids is 1. The van der Waals surface area contributed by atoms with Gasteiger partial charge in [-0.05, 0) is 40.6 Å². The van der Waals surface area contributed by atoms with Crippen LogP contribution in [0, 0.1) is 0 Å². The Balaban J connectivity index is 1.54. The maximum Gasteiger partial charge on any atom is 0.407 e. The van der Waals surface area contributed by atoms with E-state index in [2.05, 4.69) is 32.8 Å². The molecule has 2 aromatic rings. The van der Waals surface area contributed by atoms with E-state index < -0.39 is 24.0 Å². The molecule has 2 aromatic carbocycles. The van der Waals surface area contributed by atoms with Crippen LogP contribution in [0.15, 0.2) is 53.6 Å². The number of alkyl carbamates (subject to hydrolysis) is 1. The lowest BCUT2D eigenvalue weighted by atomic mass is 9.98. The Bertz CT molecular complexity index is 1090. The number of carboxylic acid groups (broad SMARTS) is 1. The van der Waals surface area contributed by atoms with Crippen LogP contribution >= 0.6 is 0 Å². The molecule has 1 atom stereocenters. The van der Waals surface area contributed by atoms with Gasteiger partial charge in [-0.3, -0.25) is 9.59 Å². The van der Waals surface area contributed by atoms with Crippen molar-refractivity contribution >= 4 is 18.0 Å². The summed E-state index contributed by atoms with van der Waals surface area (Å²) in [6, 6.07) is 15.2. The van der Waals surface area contributed by atoms with Crippen LogP contribution in [0.2, 0.25) is 0 Å². The summed E-state index contributed by atoms with van der Waals surface area (Å²) in [5.41, 5.74) is 12.8. The van der Waals surface area contributed by atoms with E-state index in [0.717, 1.165) is 22.3 Å². The first-order valence-corrected chi connectivity index (χ1v) is 12.2. The second kappa shape index (κ2) is 14.5. The second-order valence-electron chi connectivity index (χ2n) is 8.52. The van der Waals surface area contributed by atoms with Crippen molar-refractivity contribution in [3.63, 3.8) is 0 Å². The molecule has 11 heteroatoms. The third-order valence-electron chi connectivity index (χ3n) is 6.02. The zero-order valence-electron chi connectivity index (χ0n) is 20.5. The molecule has 2 amide bonds. The molecule has 0 saturated heterocycles. The van der Waals surface area contributed by atoms with Crippen molar-refractivity contribution in [1.82, 2.24) is 10.6 Å². The molecule has 0 aromatic heterocycles. The van der Waals surface area contributed by atoms with Gasteiger partial charge in [-0.2, -0.15) is 0 Å². The Hall–Kier alpha value is -4.08. The van der Waals surface area contributed by atoms with Gasteiger partial charge in [0.1, 0.15) is 12.6 Å². The number of carbonyl (C=O) groups is 3. The van der Waals surface area contributed by atoms with E-state index in [9.17, 15) is 14.4 Å². The molecule has 3 N–H and O–H groups in total. The monoisotopic (exact) mass is 509 g/mol. The van der Waals surface area contributed by atoms with Crippen LogP contribution in [0.25, 0.3) is 21.6 Å². The number of amides is 2. The number of azide groups is 1. The molecule has 1 aliphatic rings. The highest BCUT2D eigenvalue weighted by molar-refractivity contribution is 5.85. The van der Waals surface area contributed by atoms with Gasteiger partial charge in [-0.15, -0.1) is 0 Å². The molecule has 37 heavy (non-hydrogen) atoms. The van der Waals surface area contributed by atoms with Crippen molar-refractivity contribution in [2.24, 2.45) is 5.11 Å². The summed E-state index contributed by atoms with van der Waals surface area (Å²) in [6.45, 7) is 0.787. The third kappa shape index (κ3) is 8.23. The number of unbranched alkanes of at least 4 members (excludes halogenated alkanes) is 1. The number of hydrogen-bond donors (Lipinski definition) is 3. The topological polar surface area (TPSA) is 163 Å². The minimum Gasteiger partial charge on any atom is -0.481 e. The first-order chi connectivity index (χ1) is 18.0. The van der Waals surface area contributed by atoms with Gasteiger partial charge >= 0.3 is 12.1 Å². The first kappa shape index (κ1) is 27.5. The lowest BCUT2D eigenvalue weighted by molar-refractivity contribution is -0.138. The molecule has 0 aliphatic heterocycles. The van der Waals surface area contributed by atoms with Gasteiger partial charge in [0.05, 0.1) is 19.6 Å². The standard InChI is InChI=1S/C26H31N5O6/c27-31-29-13-6-5-11-23(25(34)28-14-16-36-15-12-24(32)33)30-26(35)37-17-22-20-9-3-1-7-18(20)19-8-2-4-10-21(19)22/h1-4,7-10,22-23H,5-6,11-17H2,(H,28,34)(H,30,35)(H,32,33)/t23-/m0/s1. The van der Waals surface area contributed by atoms with Gasteiger partial charge in [0.25, 0.3) is 0 Å². The summed E-state index contributed by atoms with van der Waals surface area (Å²) in [5.74, 6) is -1.46. The zero-order chi connectivity index (χ0) is 26.5. The number of rotatable bonds is 15. The minimum absolute atomic E-state index is 0.0477. The Morgan fingerprint density at radius 3 is 2.35 bits per heavy atom. The quantitative estimate of drug-likeness (QED) is 0.142. The van der Waals surface area contributed by atoms with Gasteiger partial charge in [0.2, 0.25) is 5.91 Å². The predicted molar refractivity (Wildman–Crippen MR) is 136 cm³/mol. The lowest BCUT2D eigenvalue weighted by Crippen LogP contribution is -2.47. The average molecular weight is 510 g/mol. The normalized spacial score (nSPS) is 12.5. The predicted octanol–water partition coefficient (Wildman–Crippen LogP) is 3.98. The van der Waals surface area contributed by atoms with Crippen molar-refractivity contribution < 1.29 is 29.0 Å². The van der Waals surface area contributed by atoms with Gasteiger partial charge in [-0.1, -0.05) is 60.1 Å². The average Bonchev–Trinajstić information content (AvgIpc) is 3.22. The number of benzene rings is 2. The number of hydrogen-bond acceptors (Lipinski definition) is 6. The Kier molecular flexibility index (Phi) is 10.8. The SMILES string of the molecule is [N-]=[N+]=NCCCC[C@H](NC(=O)OCC1c2ccccc2-c2ccccc21)C(=O)NCCOCCC(=O)O. The van der Waals surface area contributed by atoms with E-state index in [1.54, 1.807) is 0 Å². The van der Waals surface area contributed by atoms with Gasteiger partial charge in [0.15, 0.2) is 0 Å². The Labute approximate surface area is 214 Å². The number of carbonyl (C=O) groups excluding carboxylic acids is 2. The molecule has 0 unspecified atom stereocenters. The highest BCUT2D eigenvalue weighted by Gasteiger charge is 2.29. The zero-order valence-corrected chi connectivity index (χ0v) is 20.5. The van der Waals surface area contributed by atoms with Crippen LogP contribution in [0.3, 0.4) is 0 Å². The maximum atomic E-state index is 12.7. The summed E-state index contributed by atoms with van der Waals surface area (Å²) in [5, 5.41) is 17.5. The second-order valence-corrected chi connectivity index (χ2v) is 8.52. The fourth-order valence-corrected chi connectivity index (χ4v) is 4.26. The number of nitrogens with one attached hydrogen (secondary N) is 2. The maximum absolute atomic E-state index is 12.7. The van der Waals surface area contributed by atoms with Gasteiger partial charge in [0, 0.05) is 23.9 Å². The van der Waals surface area contributed by atoms with E-state index in [4.69, 9.17) is 20.1 Å². The molecule has 3 rings (SSSR count). The fraction of sp³-hybridized carbons (Fsp3) is 0.423. The molecule has 1 aliphatic carbocycles. The summed E-state index contributed by atoms with van der Waals surface area (Å²) in [4.78, 5) is 38.6. The van der Waals surface area contributed by atoms with Crippen LogP contribution in [-0.4, -0.2) is 62.0 Å². The van der Waals surface area contributed by atoms with Crippen LogP contribution < -0.4 is 10.6 Å². The Morgan fingerprint density at radius 2 is 1.70 bits per heavy atom. The summed E-state index contributed by atoms with van der Waals surface area (Å²) in [6.07, 6.45) is 0.630. The van der Waals surface area contributed by atoms with Crippen molar-refractivity contribution in [2.45, 2.75) is 37.6 Å². The molecular weight excluding hydrogens is 478 g/mol. The van der Waals surface area contributed by atoms with E-state index in [-0.39, 0.29) is 38.7 Å². The van der Waals surface area contributed by atoms with Crippen molar-refractivity contribution in [3.05, 3.63) is 70.1 Å². The van der Waals surface area contributed by atoms with E-state index in [0.29, 0.717) is 25.8 Å². The highest BCUT2D eigenvalue weighted by Crippen LogP contribution is 2.44. The summed E-state index contributed by atoms with van der Waals surface area (Å²) in [7, 11) is 0. The van der Waals surface area contributed by atoms with Crippen molar-refractivity contribution in [2.75, 3.05) is 32.9 Å². The fourth-order valence-electron chi connectivity index (χ4n) is 4.26. The Morgan fingerprint density at radius 1 is 1.03 bits per heavy atom. The van der Waals surface area contributed by atoms with E-state index in [1.165, 1.54) is 0 Å².